The van der Waals surface area contributed by atoms with Crippen molar-refractivity contribution >= 4 is 17.4 Å². The van der Waals surface area contributed by atoms with Crippen LogP contribution in [0.3, 0.4) is 0 Å². The standard InChI is InChI=1S/C12H18ClN3/c1-12(4-3-9(6-12)15-2)10-5-8(13)7-16-11(10)14/h5,7,9,15H,3-4,6H2,1-2H3,(H2,14,16). The van der Waals surface area contributed by atoms with E-state index >= 15 is 0 Å². The van der Waals surface area contributed by atoms with E-state index in [-0.39, 0.29) is 5.41 Å². The molecule has 2 atom stereocenters. The largest absolute Gasteiger partial charge is 0.383 e. The molecule has 1 aromatic rings. The molecule has 16 heavy (non-hydrogen) atoms. The van der Waals surface area contributed by atoms with Crippen LogP contribution in [0.2, 0.25) is 5.02 Å². The van der Waals surface area contributed by atoms with E-state index < -0.39 is 0 Å². The quantitative estimate of drug-likeness (QED) is 0.833. The van der Waals surface area contributed by atoms with Crippen LogP contribution in [0.5, 0.6) is 0 Å². The van der Waals surface area contributed by atoms with Crippen molar-refractivity contribution in [3.05, 3.63) is 22.8 Å². The number of aromatic nitrogens is 1. The van der Waals surface area contributed by atoms with E-state index in [9.17, 15) is 0 Å². The summed E-state index contributed by atoms with van der Waals surface area (Å²) in [5, 5.41) is 3.99. The van der Waals surface area contributed by atoms with Crippen molar-refractivity contribution in [2.45, 2.75) is 37.6 Å². The molecule has 0 radical (unpaired) electrons. The van der Waals surface area contributed by atoms with Crippen LogP contribution in [-0.4, -0.2) is 18.1 Å². The highest BCUT2D eigenvalue weighted by Gasteiger charge is 2.37. The fourth-order valence-electron chi connectivity index (χ4n) is 2.67. The van der Waals surface area contributed by atoms with E-state index in [1.54, 1.807) is 6.20 Å². The zero-order valence-electron chi connectivity index (χ0n) is 9.76. The minimum Gasteiger partial charge on any atom is -0.383 e. The van der Waals surface area contributed by atoms with E-state index in [1.165, 1.54) is 6.42 Å². The number of hydrogen-bond donors (Lipinski definition) is 2. The molecule has 2 unspecified atom stereocenters. The number of halogens is 1. The van der Waals surface area contributed by atoms with Crippen LogP contribution in [0, 0.1) is 0 Å². The Morgan fingerprint density at radius 2 is 2.38 bits per heavy atom. The second-order valence-electron chi connectivity index (χ2n) is 4.88. The second-order valence-corrected chi connectivity index (χ2v) is 5.31. The van der Waals surface area contributed by atoms with E-state index in [2.05, 4.69) is 17.2 Å². The Balaban J connectivity index is 2.33. The Labute approximate surface area is 101 Å². The molecule has 1 heterocycles. The van der Waals surface area contributed by atoms with Crippen molar-refractivity contribution in [1.29, 1.82) is 0 Å². The smallest absolute Gasteiger partial charge is 0.127 e. The van der Waals surface area contributed by atoms with Gasteiger partial charge < -0.3 is 11.1 Å². The van der Waals surface area contributed by atoms with E-state index in [0.29, 0.717) is 16.9 Å². The average molecular weight is 240 g/mol. The third-order valence-electron chi connectivity index (χ3n) is 3.69. The van der Waals surface area contributed by atoms with E-state index in [4.69, 9.17) is 17.3 Å². The lowest BCUT2D eigenvalue weighted by Crippen LogP contribution is -2.26. The molecular formula is C12H18ClN3. The Hall–Kier alpha value is -0.800. The summed E-state index contributed by atoms with van der Waals surface area (Å²) in [6, 6.07) is 2.53. The minimum atomic E-state index is 0.107. The van der Waals surface area contributed by atoms with Gasteiger partial charge in [-0.2, -0.15) is 0 Å². The van der Waals surface area contributed by atoms with Crippen molar-refractivity contribution in [2.75, 3.05) is 12.8 Å². The van der Waals surface area contributed by atoms with Crippen molar-refractivity contribution in [3.8, 4) is 0 Å². The van der Waals surface area contributed by atoms with Crippen LogP contribution in [0.25, 0.3) is 0 Å². The van der Waals surface area contributed by atoms with Gasteiger partial charge >= 0.3 is 0 Å². The molecule has 3 nitrogen and oxygen atoms in total. The lowest BCUT2D eigenvalue weighted by atomic mass is 9.81. The first kappa shape index (κ1) is 11.7. The molecule has 0 saturated heterocycles. The zero-order valence-corrected chi connectivity index (χ0v) is 10.5. The number of anilines is 1. The van der Waals surface area contributed by atoms with Gasteiger partial charge in [0.2, 0.25) is 0 Å². The predicted octanol–water partition coefficient (Wildman–Crippen LogP) is 2.35. The van der Waals surface area contributed by atoms with Crippen molar-refractivity contribution < 1.29 is 0 Å². The summed E-state index contributed by atoms with van der Waals surface area (Å²) < 4.78 is 0. The molecule has 0 spiro atoms. The third kappa shape index (κ3) is 2.02. The van der Waals surface area contributed by atoms with Crippen LogP contribution in [0.1, 0.15) is 31.7 Å². The number of nitrogens with two attached hydrogens (primary N) is 1. The number of nitrogen functional groups attached to an aromatic ring is 1. The zero-order chi connectivity index (χ0) is 11.8. The predicted molar refractivity (Wildman–Crippen MR) is 67.7 cm³/mol. The first-order valence-electron chi connectivity index (χ1n) is 5.64. The van der Waals surface area contributed by atoms with Crippen molar-refractivity contribution in [1.82, 2.24) is 10.3 Å². The monoisotopic (exact) mass is 239 g/mol. The first-order valence-corrected chi connectivity index (χ1v) is 6.02. The van der Waals surface area contributed by atoms with Crippen LogP contribution in [-0.2, 0) is 5.41 Å². The molecule has 0 bridgehead atoms. The average Bonchev–Trinajstić information content (AvgIpc) is 2.65. The van der Waals surface area contributed by atoms with E-state index in [1.807, 2.05) is 13.1 Å². The highest BCUT2D eigenvalue weighted by atomic mass is 35.5. The highest BCUT2D eigenvalue weighted by Crippen LogP contribution is 2.43. The fourth-order valence-corrected chi connectivity index (χ4v) is 2.82. The second kappa shape index (κ2) is 4.22. The number of hydrogen-bond acceptors (Lipinski definition) is 3. The van der Waals surface area contributed by atoms with Gasteiger partial charge in [-0.25, -0.2) is 4.98 Å². The van der Waals surface area contributed by atoms with Crippen LogP contribution >= 0.6 is 11.6 Å². The molecule has 0 aliphatic heterocycles. The molecule has 4 heteroatoms. The SMILES string of the molecule is CNC1CCC(C)(c2cc(Cl)cnc2N)C1. The summed E-state index contributed by atoms with van der Waals surface area (Å²) in [5.74, 6) is 0.614. The maximum absolute atomic E-state index is 5.99. The maximum atomic E-state index is 5.99. The Bertz CT molecular complexity index is 394. The third-order valence-corrected chi connectivity index (χ3v) is 3.89. The minimum absolute atomic E-state index is 0.107. The normalized spacial score (nSPS) is 29.6. The number of pyridine rings is 1. The Morgan fingerprint density at radius 3 is 3.00 bits per heavy atom. The Kier molecular flexibility index (Phi) is 3.08. The molecule has 1 aliphatic rings. The molecule has 1 aliphatic carbocycles. The molecule has 2 rings (SSSR count). The van der Waals surface area contributed by atoms with Gasteiger partial charge in [0.05, 0.1) is 5.02 Å². The molecule has 88 valence electrons. The maximum Gasteiger partial charge on any atom is 0.127 e. The molecule has 1 fully saturated rings. The Morgan fingerprint density at radius 1 is 1.62 bits per heavy atom. The van der Waals surface area contributed by atoms with Gasteiger partial charge in [-0.3, -0.25) is 0 Å². The van der Waals surface area contributed by atoms with Gasteiger partial charge in [0.1, 0.15) is 5.82 Å². The van der Waals surface area contributed by atoms with Gasteiger partial charge in [0.25, 0.3) is 0 Å². The molecule has 1 saturated carbocycles. The van der Waals surface area contributed by atoms with Crippen LogP contribution in [0.15, 0.2) is 12.3 Å². The lowest BCUT2D eigenvalue weighted by molar-refractivity contribution is 0.467. The fraction of sp³-hybridized carbons (Fsp3) is 0.583. The number of rotatable bonds is 2. The molecule has 0 amide bonds. The van der Waals surface area contributed by atoms with Crippen molar-refractivity contribution in [3.63, 3.8) is 0 Å². The summed E-state index contributed by atoms with van der Waals surface area (Å²) >= 11 is 5.99. The number of nitrogens with zero attached hydrogens (tertiary/aromatic N) is 1. The molecule has 0 aromatic carbocycles. The molecule has 1 aromatic heterocycles. The van der Waals surface area contributed by atoms with Gasteiger partial charge in [-0.15, -0.1) is 0 Å². The summed E-state index contributed by atoms with van der Waals surface area (Å²) in [7, 11) is 2.01. The lowest BCUT2D eigenvalue weighted by Gasteiger charge is -2.26. The van der Waals surface area contributed by atoms with Gasteiger partial charge in [-0.05, 0) is 37.8 Å². The molecular weight excluding hydrogens is 222 g/mol. The van der Waals surface area contributed by atoms with Crippen LogP contribution < -0.4 is 11.1 Å². The topological polar surface area (TPSA) is 50.9 Å². The van der Waals surface area contributed by atoms with Gasteiger partial charge in [0, 0.05) is 17.8 Å². The summed E-state index contributed by atoms with van der Waals surface area (Å²) in [4.78, 5) is 4.14. The van der Waals surface area contributed by atoms with Gasteiger partial charge in [-0.1, -0.05) is 18.5 Å². The first-order chi connectivity index (χ1) is 7.55. The summed E-state index contributed by atoms with van der Waals surface area (Å²) in [5.41, 5.74) is 7.15. The summed E-state index contributed by atoms with van der Waals surface area (Å²) in [6.07, 6.45) is 5.01. The van der Waals surface area contributed by atoms with E-state index in [0.717, 1.165) is 18.4 Å². The van der Waals surface area contributed by atoms with Crippen molar-refractivity contribution in [2.24, 2.45) is 0 Å². The molecule has 3 N–H and O–H groups in total. The van der Waals surface area contributed by atoms with Gasteiger partial charge in [0.15, 0.2) is 0 Å². The summed E-state index contributed by atoms with van der Waals surface area (Å²) in [6.45, 7) is 2.24. The number of nitrogens with one attached hydrogen (secondary N) is 1. The highest BCUT2D eigenvalue weighted by molar-refractivity contribution is 6.30. The van der Waals surface area contributed by atoms with Crippen LogP contribution in [0.4, 0.5) is 5.82 Å².